The van der Waals surface area contributed by atoms with Crippen LogP contribution in [0.15, 0.2) is 18.2 Å². The first kappa shape index (κ1) is 13.2. The predicted molar refractivity (Wildman–Crippen MR) is 77.9 cm³/mol. The van der Waals surface area contributed by atoms with Crippen molar-refractivity contribution in [1.29, 1.82) is 0 Å². The van der Waals surface area contributed by atoms with Gasteiger partial charge in [0.25, 0.3) is 5.91 Å². The van der Waals surface area contributed by atoms with Crippen LogP contribution in [0.3, 0.4) is 0 Å². The number of fused-ring (bicyclic) bond motifs is 1. The van der Waals surface area contributed by atoms with Crippen LogP contribution in [-0.4, -0.2) is 36.3 Å². The SMILES string of the molecule is CCCN1C(=O)Cc2cc(C(=O)N3CCCC3)ccc21. The van der Waals surface area contributed by atoms with Crippen molar-refractivity contribution in [3.8, 4) is 0 Å². The molecule has 0 N–H and O–H groups in total. The van der Waals surface area contributed by atoms with Crippen LogP contribution in [0.2, 0.25) is 0 Å². The third kappa shape index (κ3) is 2.19. The number of benzene rings is 1. The molecule has 0 saturated carbocycles. The monoisotopic (exact) mass is 272 g/mol. The number of carbonyl (C=O) groups excluding carboxylic acids is 2. The van der Waals surface area contributed by atoms with Gasteiger partial charge in [0.2, 0.25) is 5.91 Å². The van der Waals surface area contributed by atoms with E-state index in [0.717, 1.165) is 55.7 Å². The zero-order valence-electron chi connectivity index (χ0n) is 11.9. The molecule has 2 amide bonds. The average Bonchev–Trinajstić information content (AvgIpc) is 3.07. The zero-order valence-corrected chi connectivity index (χ0v) is 11.9. The highest BCUT2D eigenvalue weighted by Gasteiger charge is 2.28. The largest absolute Gasteiger partial charge is 0.339 e. The highest BCUT2D eigenvalue weighted by atomic mass is 16.2. The lowest BCUT2D eigenvalue weighted by molar-refractivity contribution is -0.117. The van der Waals surface area contributed by atoms with Crippen molar-refractivity contribution >= 4 is 17.5 Å². The standard InChI is InChI=1S/C16H20N2O2/c1-2-7-18-14-6-5-12(10-13(14)11-15(18)19)16(20)17-8-3-4-9-17/h5-6,10H,2-4,7-9,11H2,1H3. The Hall–Kier alpha value is -1.84. The lowest BCUT2D eigenvalue weighted by Gasteiger charge is -2.18. The molecule has 0 aliphatic carbocycles. The van der Waals surface area contributed by atoms with Crippen molar-refractivity contribution in [2.75, 3.05) is 24.5 Å². The number of likely N-dealkylation sites (tertiary alicyclic amines) is 1. The van der Waals surface area contributed by atoms with Crippen LogP contribution >= 0.6 is 0 Å². The van der Waals surface area contributed by atoms with Gasteiger partial charge in [-0.1, -0.05) is 6.92 Å². The highest BCUT2D eigenvalue weighted by Crippen LogP contribution is 2.30. The Kier molecular flexibility index (Phi) is 3.47. The maximum atomic E-state index is 12.4. The first-order valence-electron chi connectivity index (χ1n) is 7.43. The Morgan fingerprint density at radius 1 is 1.25 bits per heavy atom. The van der Waals surface area contributed by atoms with Crippen molar-refractivity contribution in [1.82, 2.24) is 4.90 Å². The summed E-state index contributed by atoms with van der Waals surface area (Å²) in [5, 5.41) is 0. The summed E-state index contributed by atoms with van der Waals surface area (Å²) in [5.74, 6) is 0.249. The lowest BCUT2D eigenvalue weighted by Crippen LogP contribution is -2.28. The lowest BCUT2D eigenvalue weighted by atomic mass is 10.1. The van der Waals surface area contributed by atoms with Gasteiger partial charge in [0.05, 0.1) is 6.42 Å². The molecule has 0 aromatic heterocycles. The van der Waals surface area contributed by atoms with Gasteiger partial charge >= 0.3 is 0 Å². The molecular weight excluding hydrogens is 252 g/mol. The van der Waals surface area contributed by atoms with Crippen molar-refractivity contribution in [2.24, 2.45) is 0 Å². The Balaban J connectivity index is 1.85. The number of amides is 2. The van der Waals surface area contributed by atoms with Gasteiger partial charge in [-0.05, 0) is 43.0 Å². The number of hydrogen-bond acceptors (Lipinski definition) is 2. The van der Waals surface area contributed by atoms with Crippen molar-refractivity contribution in [3.05, 3.63) is 29.3 Å². The number of carbonyl (C=O) groups is 2. The Bertz CT molecular complexity index is 547. The predicted octanol–water partition coefficient (Wildman–Crippen LogP) is 2.22. The summed E-state index contributed by atoms with van der Waals surface area (Å²) in [6.45, 7) is 4.54. The second-order valence-corrected chi connectivity index (χ2v) is 5.56. The first-order valence-corrected chi connectivity index (χ1v) is 7.43. The molecule has 2 aliphatic heterocycles. The summed E-state index contributed by atoms with van der Waals surface area (Å²) < 4.78 is 0. The second kappa shape index (κ2) is 5.27. The van der Waals surface area contributed by atoms with Gasteiger partial charge in [-0.15, -0.1) is 0 Å². The van der Waals surface area contributed by atoms with Crippen LogP contribution in [-0.2, 0) is 11.2 Å². The smallest absolute Gasteiger partial charge is 0.253 e. The molecule has 106 valence electrons. The molecule has 3 rings (SSSR count). The maximum Gasteiger partial charge on any atom is 0.253 e. The third-order valence-electron chi connectivity index (χ3n) is 4.10. The molecule has 0 spiro atoms. The molecule has 2 aliphatic rings. The van der Waals surface area contributed by atoms with E-state index in [1.165, 1.54) is 0 Å². The number of rotatable bonds is 3. The van der Waals surface area contributed by atoms with Gasteiger partial charge in [-0.25, -0.2) is 0 Å². The van der Waals surface area contributed by atoms with Crippen molar-refractivity contribution in [2.45, 2.75) is 32.6 Å². The van der Waals surface area contributed by atoms with Gasteiger partial charge in [-0.2, -0.15) is 0 Å². The van der Waals surface area contributed by atoms with Crippen LogP contribution in [0.1, 0.15) is 42.1 Å². The number of nitrogens with zero attached hydrogens (tertiary/aromatic N) is 2. The van der Waals surface area contributed by atoms with Crippen molar-refractivity contribution in [3.63, 3.8) is 0 Å². The van der Waals surface area contributed by atoms with E-state index >= 15 is 0 Å². The second-order valence-electron chi connectivity index (χ2n) is 5.56. The Morgan fingerprint density at radius 2 is 2.00 bits per heavy atom. The molecule has 0 atom stereocenters. The van der Waals surface area contributed by atoms with Gasteiger partial charge in [-0.3, -0.25) is 9.59 Å². The minimum absolute atomic E-state index is 0.103. The normalized spacial score (nSPS) is 17.8. The fourth-order valence-corrected chi connectivity index (χ4v) is 3.09. The summed E-state index contributed by atoms with van der Waals surface area (Å²) in [7, 11) is 0. The Morgan fingerprint density at radius 3 is 2.70 bits per heavy atom. The van der Waals surface area contributed by atoms with Gasteiger partial charge < -0.3 is 9.80 Å². The molecule has 1 fully saturated rings. The molecular formula is C16H20N2O2. The Labute approximate surface area is 119 Å². The third-order valence-corrected chi connectivity index (χ3v) is 4.10. The van der Waals surface area contributed by atoms with E-state index in [4.69, 9.17) is 0 Å². The summed E-state index contributed by atoms with van der Waals surface area (Å²) >= 11 is 0. The van der Waals surface area contributed by atoms with Crippen LogP contribution in [0.25, 0.3) is 0 Å². The minimum Gasteiger partial charge on any atom is -0.339 e. The van der Waals surface area contributed by atoms with Crippen LogP contribution in [0, 0.1) is 0 Å². The van der Waals surface area contributed by atoms with Crippen LogP contribution in [0.5, 0.6) is 0 Å². The number of hydrogen-bond donors (Lipinski definition) is 0. The molecule has 4 heteroatoms. The molecule has 20 heavy (non-hydrogen) atoms. The highest BCUT2D eigenvalue weighted by molar-refractivity contribution is 6.03. The average molecular weight is 272 g/mol. The van der Waals surface area contributed by atoms with E-state index in [9.17, 15) is 9.59 Å². The van der Waals surface area contributed by atoms with E-state index in [1.54, 1.807) is 0 Å². The van der Waals surface area contributed by atoms with Gasteiger partial charge in [0, 0.05) is 30.9 Å². The molecule has 1 saturated heterocycles. The maximum absolute atomic E-state index is 12.4. The summed E-state index contributed by atoms with van der Waals surface area (Å²) in [6, 6.07) is 5.70. The zero-order chi connectivity index (χ0) is 14.1. The summed E-state index contributed by atoms with van der Waals surface area (Å²) in [4.78, 5) is 28.1. The molecule has 0 radical (unpaired) electrons. The molecule has 1 aromatic carbocycles. The number of anilines is 1. The van der Waals surface area contributed by atoms with E-state index in [2.05, 4.69) is 6.92 Å². The fraction of sp³-hybridized carbons (Fsp3) is 0.500. The van der Waals surface area contributed by atoms with Gasteiger partial charge in [0.15, 0.2) is 0 Å². The summed E-state index contributed by atoms with van der Waals surface area (Å²) in [5.41, 5.74) is 2.69. The summed E-state index contributed by atoms with van der Waals surface area (Å²) in [6.07, 6.45) is 3.56. The van der Waals surface area contributed by atoms with Crippen LogP contribution < -0.4 is 4.90 Å². The molecule has 0 unspecified atom stereocenters. The fourth-order valence-electron chi connectivity index (χ4n) is 3.09. The van der Waals surface area contributed by atoms with E-state index < -0.39 is 0 Å². The molecule has 1 aromatic rings. The van der Waals surface area contributed by atoms with Crippen LogP contribution in [0.4, 0.5) is 5.69 Å². The van der Waals surface area contributed by atoms with Gasteiger partial charge in [0.1, 0.15) is 0 Å². The quantitative estimate of drug-likeness (QED) is 0.846. The molecule has 4 nitrogen and oxygen atoms in total. The first-order chi connectivity index (χ1) is 9.70. The van der Waals surface area contributed by atoms with E-state index in [-0.39, 0.29) is 11.8 Å². The van der Waals surface area contributed by atoms with Crippen molar-refractivity contribution < 1.29 is 9.59 Å². The van der Waals surface area contributed by atoms with E-state index in [0.29, 0.717) is 6.42 Å². The van der Waals surface area contributed by atoms with E-state index in [1.807, 2.05) is 28.0 Å². The molecule has 0 bridgehead atoms. The molecule has 2 heterocycles. The topological polar surface area (TPSA) is 40.6 Å². The minimum atomic E-state index is 0.103.